The number of halogens is 3. The van der Waals surface area contributed by atoms with E-state index in [2.05, 4.69) is 10.3 Å². The minimum atomic E-state index is -0.228. The molecule has 0 unspecified atom stereocenters. The van der Waals surface area contributed by atoms with Crippen molar-refractivity contribution >= 4 is 57.2 Å². The van der Waals surface area contributed by atoms with E-state index in [0.717, 1.165) is 10.4 Å². The highest BCUT2D eigenvalue weighted by Crippen LogP contribution is 2.27. The third kappa shape index (κ3) is 4.28. The van der Waals surface area contributed by atoms with Gasteiger partial charge < -0.3 is 0 Å². The summed E-state index contributed by atoms with van der Waals surface area (Å²) < 4.78 is 0. The summed E-state index contributed by atoms with van der Waals surface area (Å²) in [4.78, 5) is 17.4. The lowest BCUT2D eigenvalue weighted by Crippen LogP contribution is -2.11. The van der Waals surface area contributed by atoms with Crippen LogP contribution in [0.5, 0.6) is 0 Å². The third-order valence-corrected chi connectivity index (χ3v) is 5.02. The van der Waals surface area contributed by atoms with Gasteiger partial charge in [-0.1, -0.05) is 34.8 Å². The van der Waals surface area contributed by atoms with Crippen molar-refractivity contribution in [2.75, 3.05) is 5.32 Å². The average molecular weight is 398 g/mol. The molecule has 0 saturated heterocycles. The fourth-order valence-corrected chi connectivity index (χ4v) is 3.42. The minimum Gasteiger partial charge on any atom is -0.298 e. The maximum atomic E-state index is 12.2. The van der Waals surface area contributed by atoms with E-state index < -0.39 is 0 Å². The molecular formula is C17H11Cl3N2OS. The Morgan fingerprint density at radius 1 is 1.04 bits per heavy atom. The molecule has 1 amide bonds. The number of amides is 1. The van der Waals surface area contributed by atoms with Crippen molar-refractivity contribution in [3.8, 4) is 0 Å². The van der Waals surface area contributed by atoms with E-state index in [4.69, 9.17) is 34.8 Å². The summed E-state index contributed by atoms with van der Waals surface area (Å²) in [5.41, 5.74) is 1.44. The molecule has 1 N–H and O–H groups in total. The van der Waals surface area contributed by atoms with Gasteiger partial charge in [0.2, 0.25) is 0 Å². The van der Waals surface area contributed by atoms with Gasteiger partial charge in [-0.05, 0) is 48.0 Å². The first kappa shape index (κ1) is 17.2. The second-order valence-electron chi connectivity index (χ2n) is 5.01. The molecule has 1 aromatic heterocycles. The van der Waals surface area contributed by atoms with Crippen LogP contribution in [0.3, 0.4) is 0 Å². The standard InChI is InChI=1S/C17H11Cl3N2OS/c18-12-3-1-10(2-4-12)16(23)22-17-21-9-14(24-17)8-11-7-13(19)5-6-15(11)20/h1-7,9H,8H2,(H,21,22,23). The van der Waals surface area contributed by atoms with Crippen molar-refractivity contribution < 1.29 is 4.79 Å². The van der Waals surface area contributed by atoms with Crippen LogP contribution < -0.4 is 5.32 Å². The van der Waals surface area contributed by atoms with E-state index in [1.807, 2.05) is 6.07 Å². The van der Waals surface area contributed by atoms with E-state index in [0.29, 0.717) is 32.2 Å². The number of hydrogen-bond acceptors (Lipinski definition) is 3. The summed E-state index contributed by atoms with van der Waals surface area (Å²) >= 11 is 19.4. The molecule has 0 fully saturated rings. The fourth-order valence-electron chi connectivity index (χ4n) is 2.08. The Labute approximate surface area is 158 Å². The maximum Gasteiger partial charge on any atom is 0.257 e. The SMILES string of the molecule is O=C(Nc1ncc(Cc2cc(Cl)ccc2Cl)s1)c1ccc(Cl)cc1. The van der Waals surface area contributed by atoms with Crippen LogP contribution in [0.1, 0.15) is 20.8 Å². The first-order valence-corrected chi connectivity index (χ1v) is 8.92. The Hall–Kier alpha value is -1.59. The Bertz CT molecular complexity index is 878. The van der Waals surface area contributed by atoms with Crippen molar-refractivity contribution in [3.05, 3.63) is 79.7 Å². The van der Waals surface area contributed by atoms with Crippen molar-refractivity contribution in [2.45, 2.75) is 6.42 Å². The van der Waals surface area contributed by atoms with E-state index >= 15 is 0 Å². The predicted molar refractivity (Wildman–Crippen MR) is 101 cm³/mol. The topological polar surface area (TPSA) is 42.0 Å². The molecule has 0 spiro atoms. The van der Waals surface area contributed by atoms with Crippen molar-refractivity contribution in [1.82, 2.24) is 4.98 Å². The molecule has 3 aromatic rings. The molecule has 0 saturated carbocycles. The van der Waals surface area contributed by atoms with Crippen molar-refractivity contribution in [1.29, 1.82) is 0 Å². The van der Waals surface area contributed by atoms with Gasteiger partial charge >= 0.3 is 0 Å². The van der Waals surface area contributed by atoms with Crippen molar-refractivity contribution in [3.63, 3.8) is 0 Å². The van der Waals surface area contributed by atoms with Gasteiger partial charge in [0, 0.05) is 38.1 Å². The first-order valence-electron chi connectivity index (χ1n) is 6.97. The summed E-state index contributed by atoms with van der Waals surface area (Å²) in [5.74, 6) is -0.228. The molecule has 122 valence electrons. The molecule has 3 rings (SSSR count). The van der Waals surface area contributed by atoms with Gasteiger partial charge in [0.1, 0.15) is 0 Å². The molecule has 24 heavy (non-hydrogen) atoms. The second kappa shape index (κ2) is 7.53. The van der Waals surface area contributed by atoms with Gasteiger partial charge in [0.25, 0.3) is 5.91 Å². The van der Waals surface area contributed by atoms with Crippen LogP contribution in [0.25, 0.3) is 0 Å². The van der Waals surface area contributed by atoms with E-state index in [1.165, 1.54) is 11.3 Å². The zero-order valence-electron chi connectivity index (χ0n) is 12.2. The number of carbonyl (C=O) groups is 1. The summed E-state index contributed by atoms with van der Waals surface area (Å²) in [5, 5.41) is 5.18. The zero-order valence-corrected chi connectivity index (χ0v) is 15.3. The number of aromatic nitrogens is 1. The Morgan fingerprint density at radius 3 is 2.50 bits per heavy atom. The lowest BCUT2D eigenvalue weighted by molar-refractivity contribution is 0.102. The molecule has 2 aromatic carbocycles. The Morgan fingerprint density at radius 2 is 1.75 bits per heavy atom. The summed E-state index contributed by atoms with van der Waals surface area (Å²) in [6.45, 7) is 0. The molecule has 0 radical (unpaired) electrons. The molecule has 0 aliphatic carbocycles. The zero-order chi connectivity index (χ0) is 17.1. The van der Waals surface area contributed by atoms with E-state index in [-0.39, 0.29) is 5.91 Å². The predicted octanol–water partition coefficient (Wildman–Crippen LogP) is 5.95. The fraction of sp³-hybridized carbons (Fsp3) is 0.0588. The Kier molecular flexibility index (Phi) is 5.41. The third-order valence-electron chi connectivity index (χ3n) is 3.25. The molecule has 7 heteroatoms. The smallest absolute Gasteiger partial charge is 0.257 e. The van der Waals surface area contributed by atoms with E-state index in [9.17, 15) is 4.79 Å². The largest absolute Gasteiger partial charge is 0.298 e. The number of thiazole rings is 1. The minimum absolute atomic E-state index is 0.228. The highest BCUT2D eigenvalue weighted by molar-refractivity contribution is 7.15. The van der Waals surface area contributed by atoms with Gasteiger partial charge in [-0.3, -0.25) is 10.1 Å². The Balaban J connectivity index is 1.70. The molecule has 0 bridgehead atoms. The monoisotopic (exact) mass is 396 g/mol. The quantitative estimate of drug-likeness (QED) is 0.591. The van der Waals surface area contributed by atoms with Crippen LogP contribution in [-0.4, -0.2) is 10.9 Å². The summed E-state index contributed by atoms with van der Waals surface area (Å²) in [6.07, 6.45) is 2.33. The number of nitrogens with one attached hydrogen (secondary N) is 1. The van der Waals surface area contributed by atoms with Gasteiger partial charge in [0.15, 0.2) is 5.13 Å². The number of benzene rings is 2. The molecular weight excluding hydrogens is 387 g/mol. The molecule has 1 heterocycles. The van der Waals surface area contributed by atoms with Gasteiger partial charge in [-0.25, -0.2) is 4.98 Å². The highest BCUT2D eigenvalue weighted by Gasteiger charge is 2.10. The van der Waals surface area contributed by atoms with Crippen LogP contribution in [0, 0.1) is 0 Å². The molecule has 0 atom stereocenters. The van der Waals surface area contributed by atoms with Gasteiger partial charge in [0.05, 0.1) is 0 Å². The first-order chi connectivity index (χ1) is 11.5. The van der Waals surface area contributed by atoms with Crippen LogP contribution in [0.15, 0.2) is 48.7 Å². The van der Waals surface area contributed by atoms with Crippen LogP contribution in [0.4, 0.5) is 5.13 Å². The average Bonchev–Trinajstić information content (AvgIpc) is 2.98. The van der Waals surface area contributed by atoms with Crippen LogP contribution in [0.2, 0.25) is 15.1 Å². The number of nitrogens with zero attached hydrogens (tertiary/aromatic N) is 1. The van der Waals surface area contributed by atoms with Gasteiger partial charge in [-0.15, -0.1) is 11.3 Å². The van der Waals surface area contributed by atoms with Crippen molar-refractivity contribution in [2.24, 2.45) is 0 Å². The lowest BCUT2D eigenvalue weighted by Gasteiger charge is -2.03. The molecule has 0 aliphatic rings. The molecule has 0 aliphatic heterocycles. The van der Waals surface area contributed by atoms with Crippen LogP contribution >= 0.6 is 46.1 Å². The maximum absolute atomic E-state index is 12.2. The second-order valence-corrected chi connectivity index (χ2v) is 7.40. The normalized spacial score (nSPS) is 10.6. The number of hydrogen-bond donors (Lipinski definition) is 1. The summed E-state index contributed by atoms with van der Waals surface area (Å²) in [6, 6.07) is 12.0. The van der Waals surface area contributed by atoms with Gasteiger partial charge in [-0.2, -0.15) is 0 Å². The number of anilines is 1. The number of rotatable bonds is 4. The highest BCUT2D eigenvalue weighted by atomic mass is 35.5. The summed E-state index contributed by atoms with van der Waals surface area (Å²) in [7, 11) is 0. The molecule has 3 nitrogen and oxygen atoms in total. The van der Waals surface area contributed by atoms with Crippen LogP contribution in [-0.2, 0) is 6.42 Å². The lowest BCUT2D eigenvalue weighted by atomic mass is 10.1. The number of carbonyl (C=O) groups excluding carboxylic acids is 1. The van der Waals surface area contributed by atoms with E-state index in [1.54, 1.807) is 42.6 Å².